The summed E-state index contributed by atoms with van der Waals surface area (Å²) in [5, 5.41) is 0. The van der Waals surface area contributed by atoms with Crippen LogP contribution in [0, 0.1) is 11.8 Å². The number of nitrogens with zero attached hydrogens (tertiary/aromatic N) is 1. The van der Waals surface area contributed by atoms with Crippen molar-refractivity contribution in [1.29, 1.82) is 0 Å². The number of hydrogen-bond acceptors (Lipinski definition) is 2. The highest BCUT2D eigenvalue weighted by Crippen LogP contribution is 2.30. The van der Waals surface area contributed by atoms with Crippen LogP contribution in [-0.2, 0) is 4.79 Å². The first kappa shape index (κ1) is 14.5. The third kappa shape index (κ3) is 4.30. The van der Waals surface area contributed by atoms with Gasteiger partial charge in [0.25, 0.3) is 0 Å². The first-order valence-corrected chi connectivity index (χ1v) is 7.08. The predicted molar refractivity (Wildman–Crippen MR) is 71.6 cm³/mol. The second-order valence-corrected chi connectivity index (χ2v) is 5.60. The van der Waals surface area contributed by atoms with Gasteiger partial charge in [-0.25, -0.2) is 0 Å². The zero-order valence-electron chi connectivity index (χ0n) is 11.6. The van der Waals surface area contributed by atoms with E-state index in [0.29, 0.717) is 23.8 Å². The fraction of sp³-hybridized carbons (Fsp3) is 0.929. The van der Waals surface area contributed by atoms with E-state index < -0.39 is 0 Å². The van der Waals surface area contributed by atoms with Crippen molar-refractivity contribution in [1.82, 2.24) is 4.90 Å². The second-order valence-electron chi connectivity index (χ2n) is 5.60. The van der Waals surface area contributed by atoms with E-state index in [4.69, 9.17) is 5.73 Å². The van der Waals surface area contributed by atoms with Crippen molar-refractivity contribution in [2.45, 2.75) is 58.9 Å². The van der Waals surface area contributed by atoms with Crippen molar-refractivity contribution >= 4 is 5.91 Å². The quantitative estimate of drug-likeness (QED) is 0.802. The van der Waals surface area contributed by atoms with Gasteiger partial charge in [-0.1, -0.05) is 0 Å². The molecule has 0 saturated heterocycles. The van der Waals surface area contributed by atoms with Crippen molar-refractivity contribution in [3.8, 4) is 0 Å². The van der Waals surface area contributed by atoms with Crippen molar-refractivity contribution in [2.24, 2.45) is 17.6 Å². The highest BCUT2D eigenvalue weighted by Gasteiger charge is 2.24. The Kier molecular flexibility index (Phi) is 5.96. The summed E-state index contributed by atoms with van der Waals surface area (Å²) in [4.78, 5) is 14.1. The molecular weight excluding hydrogens is 212 g/mol. The van der Waals surface area contributed by atoms with Crippen molar-refractivity contribution in [2.75, 3.05) is 13.1 Å². The van der Waals surface area contributed by atoms with Gasteiger partial charge in [0.15, 0.2) is 0 Å². The molecule has 0 atom stereocenters. The van der Waals surface area contributed by atoms with E-state index in [1.54, 1.807) is 0 Å². The predicted octanol–water partition coefficient (Wildman–Crippen LogP) is 2.40. The van der Waals surface area contributed by atoms with Gasteiger partial charge in [0.1, 0.15) is 0 Å². The average Bonchev–Trinajstić information content (AvgIpc) is 2.30. The zero-order valence-corrected chi connectivity index (χ0v) is 11.6. The lowest BCUT2D eigenvalue weighted by atomic mass is 9.80. The molecule has 3 nitrogen and oxygen atoms in total. The maximum Gasteiger partial charge on any atom is 0.223 e. The molecule has 0 aliphatic heterocycles. The molecule has 0 bridgehead atoms. The normalized spacial score (nSPS) is 25.0. The van der Waals surface area contributed by atoms with Crippen LogP contribution in [0.3, 0.4) is 0 Å². The molecule has 3 heteroatoms. The van der Waals surface area contributed by atoms with Gasteiger partial charge in [-0.3, -0.25) is 4.79 Å². The fourth-order valence-corrected chi connectivity index (χ4v) is 2.87. The van der Waals surface area contributed by atoms with Crippen LogP contribution in [0.2, 0.25) is 0 Å². The number of carbonyl (C=O) groups excluding carboxylic acids is 1. The summed E-state index contributed by atoms with van der Waals surface area (Å²) in [7, 11) is 0. The minimum Gasteiger partial charge on any atom is -0.341 e. The summed E-state index contributed by atoms with van der Waals surface area (Å²) in [5.74, 6) is 1.63. The monoisotopic (exact) mass is 240 g/mol. The number of rotatable bonds is 5. The smallest absolute Gasteiger partial charge is 0.223 e. The summed E-state index contributed by atoms with van der Waals surface area (Å²) in [6.07, 6.45) is 5.53. The molecule has 1 fully saturated rings. The Morgan fingerprint density at radius 1 is 1.24 bits per heavy atom. The first-order chi connectivity index (χ1) is 8.08. The largest absolute Gasteiger partial charge is 0.341 e. The number of nitrogens with two attached hydrogens (primary N) is 1. The Morgan fingerprint density at radius 3 is 2.18 bits per heavy atom. The number of amides is 1. The van der Waals surface area contributed by atoms with Crippen molar-refractivity contribution in [3.63, 3.8) is 0 Å². The topological polar surface area (TPSA) is 46.3 Å². The summed E-state index contributed by atoms with van der Waals surface area (Å²) in [6, 6.07) is 0.327. The molecule has 1 aliphatic carbocycles. The van der Waals surface area contributed by atoms with Gasteiger partial charge in [-0.2, -0.15) is 0 Å². The van der Waals surface area contributed by atoms with E-state index in [9.17, 15) is 4.79 Å². The minimum absolute atomic E-state index is 0.327. The van der Waals surface area contributed by atoms with Crippen molar-refractivity contribution in [3.05, 3.63) is 0 Å². The summed E-state index contributed by atoms with van der Waals surface area (Å²) < 4.78 is 0. The highest BCUT2D eigenvalue weighted by molar-refractivity contribution is 5.76. The van der Waals surface area contributed by atoms with Crippen LogP contribution in [0.5, 0.6) is 0 Å². The lowest BCUT2D eigenvalue weighted by Gasteiger charge is -2.31. The van der Waals surface area contributed by atoms with Crippen molar-refractivity contribution < 1.29 is 4.79 Å². The third-order valence-corrected chi connectivity index (χ3v) is 4.05. The van der Waals surface area contributed by atoms with Crippen LogP contribution in [0.15, 0.2) is 0 Å². The van der Waals surface area contributed by atoms with Gasteiger partial charge in [-0.05, 0) is 64.8 Å². The van der Waals surface area contributed by atoms with E-state index in [-0.39, 0.29) is 0 Å². The van der Waals surface area contributed by atoms with Crippen LogP contribution < -0.4 is 5.73 Å². The third-order valence-electron chi connectivity index (χ3n) is 4.05. The molecule has 1 saturated carbocycles. The lowest BCUT2D eigenvalue weighted by Crippen LogP contribution is -2.38. The molecule has 17 heavy (non-hydrogen) atoms. The Hall–Kier alpha value is -0.570. The molecule has 0 radical (unpaired) electrons. The molecule has 1 aliphatic rings. The van der Waals surface area contributed by atoms with E-state index in [1.807, 2.05) is 4.90 Å². The maximum atomic E-state index is 12.1. The number of hydrogen-bond donors (Lipinski definition) is 1. The van der Waals surface area contributed by atoms with Gasteiger partial charge >= 0.3 is 0 Å². The molecule has 0 aromatic rings. The standard InChI is InChI=1S/C14H28N2O/c1-4-16(11(2)3)14(17)9-12-5-7-13(10-15)8-6-12/h11-13H,4-10,15H2,1-3H3. The molecule has 2 N–H and O–H groups in total. The minimum atomic E-state index is 0.327. The van der Waals surface area contributed by atoms with Gasteiger partial charge in [0.05, 0.1) is 0 Å². The Labute approximate surface area is 106 Å². The summed E-state index contributed by atoms with van der Waals surface area (Å²) in [6.45, 7) is 7.88. The van der Waals surface area contributed by atoms with Crippen LogP contribution in [0.1, 0.15) is 52.9 Å². The molecule has 0 spiro atoms. The van der Waals surface area contributed by atoms with Crippen LogP contribution in [-0.4, -0.2) is 29.9 Å². The molecule has 0 heterocycles. The Balaban J connectivity index is 2.36. The molecular formula is C14H28N2O. The Bertz CT molecular complexity index is 232. The van der Waals surface area contributed by atoms with Gasteiger partial charge in [-0.15, -0.1) is 0 Å². The number of carbonyl (C=O) groups is 1. The molecule has 1 rings (SSSR count). The fourth-order valence-electron chi connectivity index (χ4n) is 2.87. The summed E-state index contributed by atoms with van der Waals surface area (Å²) in [5.41, 5.74) is 5.68. The lowest BCUT2D eigenvalue weighted by molar-refractivity contribution is -0.134. The van der Waals surface area contributed by atoms with Crippen LogP contribution in [0.25, 0.3) is 0 Å². The van der Waals surface area contributed by atoms with E-state index >= 15 is 0 Å². The van der Waals surface area contributed by atoms with E-state index in [1.165, 1.54) is 25.7 Å². The average molecular weight is 240 g/mol. The SMILES string of the molecule is CCN(C(=O)CC1CCC(CN)CC1)C(C)C. The first-order valence-electron chi connectivity index (χ1n) is 7.08. The molecule has 0 aromatic carbocycles. The van der Waals surface area contributed by atoms with E-state index in [0.717, 1.165) is 19.5 Å². The van der Waals surface area contributed by atoms with Crippen LogP contribution in [0.4, 0.5) is 0 Å². The highest BCUT2D eigenvalue weighted by atomic mass is 16.2. The molecule has 0 aromatic heterocycles. The van der Waals surface area contributed by atoms with Gasteiger partial charge in [0, 0.05) is 19.0 Å². The second kappa shape index (κ2) is 7.00. The molecule has 100 valence electrons. The molecule has 0 unspecified atom stereocenters. The van der Waals surface area contributed by atoms with Gasteiger partial charge < -0.3 is 10.6 Å². The molecule has 1 amide bonds. The van der Waals surface area contributed by atoms with Crippen LogP contribution >= 0.6 is 0 Å². The summed E-state index contributed by atoms with van der Waals surface area (Å²) >= 11 is 0. The Morgan fingerprint density at radius 2 is 1.76 bits per heavy atom. The van der Waals surface area contributed by atoms with Gasteiger partial charge in [0.2, 0.25) is 5.91 Å². The maximum absolute atomic E-state index is 12.1. The van der Waals surface area contributed by atoms with E-state index in [2.05, 4.69) is 20.8 Å². The zero-order chi connectivity index (χ0) is 12.8.